The molecular weight excluding hydrogens is 439 g/mol. The molecule has 6 nitrogen and oxygen atoms in total. The summed E-state index contributed by atoms with van der Waals surface area (Å²) in [7, 11) is -3.55. The van der Waals surface area contributed by atoms with Crippen molar-refractivity contribution >= 4 is 45.0 Å². The molecule has 0 bridgehead atoms. The summed E-state index contributed by atoms with van der Waals surface area (Å²) in [6.07, 6.45) is 0.139. The summed E-state index contributed by atoms with van der Waals surface area (Å²) < 4.78 is 44.8. The van der Waals surface area contributed by atoms with Crippen LogP contribution >= 0.6 is 23.4 Å². The Balaban J connectivity index is 1.53. The van der Waals surface area contributed by atoms with Gasteiger partial charge in [0.1, 0.15) is 11.6 Å². The van der Waals surface area contributed by atoms with E-state index in [0.717, 1.165) is 6.26 Å². The number of rotatable bonds is 7. The molecule has 2 aromatic carbocycles. The van der Waals surface area contributed by atoms with E-state index < -0.39 is 22.0 Å². The number of nitrogens with one attached hydrogen (secondary N) is 1. The molecule has 1 amide bonds. The maximum atomic E-state index is 13.7. The molecule has 10 heteroatoms. The average Bonchev–Trinajstić information content (AvgIpc) is 2.68. The number of nitrogens with zero attached hydrogens (tertiary/aromatic N) is 1. The zero-order valence-electron chi connectivity index (χ0n) is 15.6. The van der Waals surface area contributed by atoms with Crippen LogP contribution < -0.4 is 14.4 Å². The number of thioether (sulfide) groups is 1. The van der Waals surface area contributed by atoms with E-state index in [-0.39, 0.29) is 12.4 Å². The first kappa shape index (κ1) is 21.7. The van der Waals surface area contributed by atoms with Crippen molar-refractivity contribution in [3.8, 4) is 5.75 Å². The largest absolute Gasteiger partial charge is 0.476 e. The van der Waals surface area contributed by atoms with Gasteiger partial charge in [-0.2, -0.15) is 11.8 Å². The number of amides is 1. The van der Waals surface area contributed by atoms with Crippen LogP contribution in [-0.4, -0.2) is 45.5 Å². The highest BCUT2D eigenvalue weighted by molar-refractivity contribution is 7.98. The van der Waals surface area contributed by atoms with Gasteiger partial charge in [-0.25, -0.2) is 12.8 Å². The van der Waals surface area contributed by atoms with Gasteiger partial charge in [-0.05, 0) is 24.3 Å². The van der Waals surface area contributed by atoms with Crippen LogP contribution in [0.3, 0.4) is 0 Å². The zero-order valence-corrected chi connectivity index (χ0v) is 18.0. The lowest BCUT2D eigenvalue weighted by Crippen LogP contribution is -2.50. The van der Waals surface area contributed by atoms with Crippen molar-refractivity contribution in [1.82, 2.24) is 5.32 Å². The Labute approximate surface area is 178 Å². The maximum absolute atomic E-state index is 13.7. The Morgan fingerprint density at radius 2 is 2.07 bits per heavy atom. The number of halogens is 2. The van der Waals surface area contributed by atoms with Gasteiger partial charge < -0.3 is 10.1 Å². The van der Waals surface area contributed by atoms with Crippen LogP contribution in [-0.2, 0) is 20.6 Å². The summed E-state index contributed by atoms with van der Waals surface area (Å²) in [5.74, 6) is 0.501. The minimum Gasteiger partial charge on any atom is -0.476 e. The molecule has 29 heavy (non-hydrogen) atoms. The highest BCUT2D eigenvalue weighted by Gasteiger charge is 2.34. The Kier molecular flexibility index (Phi) is 6.92. The third-order valence-electron chi connectivity index (χ3n) is 4.28. The van der Waals surface area contributed by atoms with Gasteiger partial charge in [0.15, 0.2) is 6.10 Å². The number of hydrogen-bond donors (Lipinski definition) is 1. The van der Waals surface area contributed by atoms with Crippen LogP contribution in [0.25, 0.3) is 0 Å². The first-order valence-electron chi connectivity index (χ1n) is 8.79. The van der Waals surface area contributed by atoms with E-state index in [1.165, 1.54) is 22.1 Å². The van der Waals surface area contributed by atoms with Crippen LogP contribution in [0.5, 0.6) is 5.75 Å². The number of benzene rings is 2. The number of hydrogen-bond acceptors (Lipinski definition) is 5. The maximum Gasteiger partial charge on any atom is 0.263 e. The van der Waals surface area contributed by atoms with E-state index in [4.69, 9.17) is 16.3 Å². The standard InChI is InChI=1S/C19H20ClFN2O4S2/c1-29(25,26)23-11-18(27-17-8-3-2-7-16(17)23)19(24)22-9-10-28-12-13-14(20)5-4-6-15(13)21/h2-8,18H,9-12H2,1H3,(H,22,24)/t18-/m0/s1. The first-order chi connectivity index (χ1) is 13.8. The van der Waals surface area contributed by atoms with Crippen molar-refractivity contribution in [1.29, 1.82) is 0 Å². The van der Waals surface area contributed by atoms with Gasteiger partial charge in [0.2, 0.25) is 10.0 Å². The molecule has 1 aliphatic rings. The van der Waals surface area contributed by atoms with Gasteiger partial charge in [-0.1, -0.05) is 29.8 Å². The summed E-state index contributed by atoms with van der Waals surface area (Å²) in [5, 5.41) is 3.11. The molecule has 3 rings (SSSR count). The molecule has 1 heterocycles. The van der Waals surface area contributed by atoms with Crippen molar-refractivity contribution in [3.05, 3.63) is 58.9 Å². The average molecular weight is 459 g/mol. The monoisotopic (exact) mass is 458 g/mol. The molecule has 1 N–H and O–H groups in total. The fourth-order valence-corrected chi connectivity index (χ4v) is 4.97. The van der Waals surface area contributed by atoms with Crippen LogP contribution in [0.4, 0.5) is 10.1 Å². The highest BCUT2D eigenvalue weighted by Crippen LogP contribution is 2.34. The van der Waals surface area contributed by atoms with Crippen LogP contribution in [0.15, 0.2) is 42.5 Å². The van der Waals surface area contributed by atoms with Gasteiger partial charge in [0.05, 0.1) is 18.5 Å². The SMILES string of the molecule is CS(=O)(=O)N1C[C@@H](C(=O)NCCSCc2c(F)cccc2Cl)Oc2ccccc21. The van der Waals surface area contributed by atoms with E-state index in [1.54, 1.807) is 36.4 Å². The van der Waals surface area contributed by atoms with Crippen molar-refractivity contribution in [2.45, 2.75) is 11.9 Å². The summed E-state index contributed by atoms with van der Waals surface area (Å²) in [6.45, 7) is 0.232. The Hall–Kier alpha value is -1.97. The number of carbonyl (C=O) groups excluding carboxylic acids is 1. The summed E-state index contributed by atoms with van der Waals surface area (Å²) in [4.78, 5) is 12.5. The lowest BCUT2D eigenvalue weighted by molar-refractivity contribution is -0.127. The minimum absolute atomic E-state index is 0.0976. The molecule has 0 spiro atoms. The fourth-order valence-electron chi connectivity index (χ4n) is 2.86. The van der Waals surface area contributed by atoms with E-state index in [2.05, 4.69) is 5.32 Å². The van der Waals surface area contributed by atoms with Crippen molar-refractivity contribution in [3.63, 3.8) is 0 Å². The summed E-state index contributed by atoms with van der Waals surface area (Å²) >= 11 is 7.42. The second kappa shape index (κ2) is 9.23. The zero-order chi connectivity index (χ0) is 21.0. The van der Waals surface area contributed by atoms with E-state index in [9.17, 15) is 17.6 Å². The predicted molar refractivity (Wildman–Crippen MR) is 114 cm³/mol. The summed E-state index contributed by atoms with van der Waals surface area (Å²) in [5.41, 5.74) is 0.845. The molecule has 0 fully saturated rings. The third-order valence-corrected chi connectivity index (χ3v) is 6.77. The second-order valence-electron chi connectivity index (χ2n) is 6.41. The lowest BCUT2D eigenvalue weighted by Gasteiger charge is -2.33. The van der Waals surface area contributed by atoms with E-state index >= 15 is 0 Å². The Morgan fingerprint density at radius 3 is 2.79 bits per heavy atom. The molecule has 0 saturated carbocycles. The normalized spacial score (nSPS) is 16.1. The smallest absolute Gasteiger partial charge is 0.263 e. The van der Waals surface area contributed by atoms with Crippen molar-refractivity contribution in [2.24, 2.45) is 0 Å². The molecule has 156 valence electrons. The Morgan fingerprint density at radius 1 is 1.31 bits per heavy atom. The van der Waals surface area contributed by atoms with Crippen LogP contribution in [0, 0.1) is 5.82 Å². The topological polar surface area (TPSA) is 75.7 Å². The molecule has 2 aromatic rings. The molecule has 0 unspecified atom stereocenters. The molecule has 1 atom stereocenters. The number of sulfonamides is 1. The number of carbonyl (C=O) groups is 1. The van der Waals surface area contributed by atoms with E-state index in [0.29, 0.717) is 40.1 Å². The lowest BCUT2D eigenvalue weighted by atomic mass is 10.2. The highest BCUT2D eigenvalue weighted by atomic mass is 35.5. The quantitative estimate of drug-likeness (QED) is 0.645. The molecule has 0 saturated heterocycles. The number of ether oxygens (including phenoxy) is 1. The second-order valence-corrected chi connectivity index (χ2v) is 9.83. The van der Waals surface area contributed by atoms with Crippen molar-refractivity contribution in [2.75, 3.05) is 29.4 Å². The molecule has 0 radical (unpaired) electrons. The summed E-state index contributed by atoms with van der Waals surface area (Å²) in [6, 6.07) is 11.2. The third kappa shape index (κ3) is 5.34. The number of para-hydroxylation sites is 2. The first-order valence-corrected chi connectivity index (χ1v) is 12.2. The molecule has 1 aliphatic heterocycles. The van der Waals surface area contributed by atoms with Crippen molar-refractivity contribution < 1.29 is 22.3 Å². The molecule has 0 aliphatic carbocycles. The van der Waals surface area contributed by atoms with E-state index in [1.807, 2.05) is 0 Å². The minimum atomic E-state index is -3.55. The van der Waals surface area contributed by atoms with Gasteiger partial charge in [-0.3, -0.25) is 9.10 Å². The van der Waals surface area contributed by atoms with Crippen LogP contribution in [0.2, 0.25) is 5.02 Å². The fraction of sp³-hybridized carbons (Fsp3) is 0.316. The van der Waals surface area contributed by atoms with Gasteiger partial charge in [-0.15, -0.1) is 0 Å². The van der Waals surface area contributed by atoms with Gasteiger partial charge >= 0.3 is 0 Å². The van der Waals surface area contributed by atoms with Gasteiger partial charge in [0.25, 0.3) is 5.91 Å². The molecular formula is C19H20ClFN2O4S2. The predicted octanol–water partition coefficient (Wildman–Crippen LogP) is 3.06. The number of fused-ring (bicyclic) bond motifs is 1. The molecule has 0 aromatic heterocycles. The number of anilines is 1. The Bertz CT molecular complexity index is 983. The van der Waals surface area contributed by atoms with Crippen LogP contribution in [0.1, 0.15) is 5.56 Å². The van der Waals surface area contributed by atoms with Gasteiger partial charge in [0, 0.05) is 28.6 Å².